The van der Waals surface area contributed by atoms with Crippen molar-refractivity contribution in [1.29, 1.82) is 0 Å². The monoisotopic (exact) mass is 494 g/mol. The van der Waals surface area contributed by atoms with Gasteiger partial charge < -0.3 is 9.84 Å². The molecule has 1 amide bonds. The van der Waals surface area contributed by atoms with Crippen LogP contribution < -0.4 is 4.72 Å². The van der Waals surface area contributed by atoms with Crippen LogP contribution in [0.2, 0.25) is 5.02 Å². The molecule has 13 heteroatoms. The van der Waals surface area contributed by atoms with E-state index in [1.165, 1.54) is 0 Å². The first-order valence-corrected chi connectivity index (χ1v) is 12.4. The molecule has 32 heavy (non-hydrogen) atoms. The van der Waals surface area contributed by atoms with Crippen molar-refractivity contribution in [2.24, 2.45) is 5.92 Å². The first-order valence-electron chi connectivity index (χ1n) is 10.4. The Morgan fingerprint density at radius 1 is 1.41 bits per heavy atom. The molecule has 1 aromatic heterocycles. The van der Waals surface area contributed by atoms with E-state index in [9.17, 15) is 27.1 Å². The molecule has 1 saturated heterocycles. The number of hydrogen-bond donors (Lipinski definition) is 2. The molecule has 2 N–H and O–H groups in total. The van der Waals surface area contributed by atoms with Gasteiger partial charge in [-0.15, -0.1) is 0 Å². The van der Waals surface area contributed by atoms with Crippen LogP contribution >= 0.6 is 11.6 Å². The number of hydrogen-bond acceptors (Lipinski definition) is 6. The highest BCUT2D eigenvalue weighted by molar-refractivity contribution is 7.89. The van der Waals surface area contributed by atoms with Crippen molar-refractivity contribution < 1.29 is 31.8 Å². The average Bonchev–Trinajstić information content (AvgIpc) is 3.37. The summed E-state index contributed by atoms with van der Waals surface area (Å²) in [5.41, 5.74) is -0.0745. The molecule has 0 aromatic carbocycles. The maximum atomic E-state index is 12.8. The zero-order chi connectivity index (χ0) is 23.3. The summed E-state index contributed by atoms with van der Waals surface area (Å²) in [7, 11) is -4.86. The smallest absolute Gasteiger partial charge is 0.407 e. The number of nitrogens with one attached hydrogen (secondary N) is 1. The molecule has 2 saturated carbocycles. The van der Waals surface area contributed by atoms with E-state index < -0.39 is 40.0 Å². The summed E-state index contributed by atoms with van der Waals surface area (Å²) in [6.45, 7) is 1.54. The van der Waals surface area contributed by atoms with Crippen LogP contribution in [0.4, 0.5) is 13.6 Å². The molecule has 0 radical (unpaired) electrons. The van der Waals surface area contributed by atoms with E-state index in [1.54, 1.807) is 19.3 Å². The lowest BCUT2D eigenvalue weighted by molar-refractivity contribution is -0.00882. The number of halogens is 3. The van der Waals surface area contributed by atoms with Gasteiger partial charge in [-0.2, -0.15) is 8.78 Å². The zero-order valence-corrected chi connectivity index (χ0v) is 18.9. The van der Waals surface area contributed by atoms with Crippen molar-refractivity contribution in [3.05, 3.63) is 23.2 Å². The fourth-order valence-electron chi connectivity index (χ4n) is 5.27. The Morgan fingerprint density at radius 3 is 2.69 bits per heavy atom. The van der Waals surface area contributed by atoms with Crippen LogP contribution in [0.5, 0.6) is 0 Å². The molecule has 4 rings (SSSR count). The minimum Gasteiger partial charge on any atom is -0.465 e. The molecular weight excluding hydrogens is 470 g/mol. The molecule has 0 spiro atoms. The summed E-state index contributed by atoms with van der Waals surface area (Å²) in [5, 5.41) is 10.0. The third-order valence-corrected chi connectivity index (χ3v) is 8.22. The summed E-state index contributed by atoms with van der Waals surface area (Å²) in [5.74, 6) is -2.48. The molecule has 3 aliphatic rings. The number of carbonyl (C=O) groups is 1. The standard InChI is InChI=1S/C19H25ClF2N4O5S/c1-10-4-14(25-32(29,30)17(21)22)15(26(10)18(27)28)9-31-13-2-3-19(6-11(19)5-13)16-23-7-12(20)8-24-16/h7-8,10-11,13-15,17,25H,2-6,9H2,1H3,(H,27,28)/t10-,11?,13?,14+,15+,19?/m1/s1. The van der Waals surface area contributed by atoms with Gasteiger partial charge in [0.2, 0.25) is 0 Å². The molecule has 6 atom stereocenters. The molecular formula is C19H25ClF2N4O5S. The van der Waals surface area contributed by atoms with Crippen LogP contribution in [0.3, 0.4) is 0 Å². The quantitative estimate of drug-likeness (QED) is 0.597. The number of nitrogens with zero attached hydrogens (tertiary/aromatic N) is 3. The summed E-state index contributed by atoms with van der Waals surface area (Å²) in [6.07, 6.45) is 5.09. The van der Waals surface area contributed by atoms with Gasteiger partial charge in [0.15, 0.2) is 0 Å². The van der Waals surface area contributed by atoms with Gasteiger partial charge in [0.1, 0.15) is 5.82 Å². The maximum Gasteiger partial charge on any atom is 0.407 e. The van der Waals surface area contributed by atoms with E-state index in [-0.39, 0.29) is 24.5 Å². The Hall–Kier alpha value is -1.63. The van der Waals surface area contributed by atoms with E-state index in [1.807, 2.05) is 4.72 Å². The first kappa shape index (κ1) is 23.5. The minimum atomic E-state index is -4.86. The molecule has 1 aliphatic heterocycles. The predicted octanol–water partition coefficient (Wildman–Crippen LogP) is 2.61. The van der Waals surface area contributed by atoms with E-state index >= 15 is 0 Å². The Balaban J connectivity index is 1.39. The van der Waals surface area contributed by atoms with E-state index in [2.05, 4.69) is 9.97 Å². The van der Waals surface area contributed by atoms with Gasteiger partial charge in [0.25, 0.3) is 10.0 Å². The molecule has 2 aliphatic carbocycles. The Kier molecular flexibility index (Phi) is 6.34. The van der Waals surface area contributed by atoms with Crippen LogP contribution in [-0.4, -0.2) is 71.1 Å². The number of fused-ring (bicyclic) bond motifs is 1. The molecule has 3 unspecified atom stereocenters. The fraction of sp³-hybridized carbons (Fsp3) is 0.737. The first-order chi connectivity index (χ1) is 15.0. The topological polar surface area (TPSA) is 122 Å². The molecule has 2 heterocycles. The number of amides is 1. The fourth-order valence-corrected chi connectivity index (χ4v) is 6.14. The average molecular weight is 495 g/mol. The third-order valence-electron chi connectivity index (χ3n) is 6.92. The van der Waals surface area contributed by atoms with Crippen molar-refractivity contribution in [2.75, 3.05) is 6.61 Å². The van der Waals surface area contributed by atoms with Crippen molar-refractivity contribution in [2.45, 2.75) is 74.4 Å². The Bertz CT molecular complexity index is 969. The number of likely N-dealkylation sites (tertiary alicyclic amines) is 1. The lowest BCUT2D eigenvalue weighted by Gasteiger charge is -2.32. The number of sulfonamides is 1. The van der Waals surface area contributed by atoms with Gasteiger partial charge in [0, 0.05) is 29.9 Å². The number of ether oxygens (including phenoxy) is 1. The number of carboxylic acid groups (broad SMARTS) is 1. The van der Waals surface area contributed by atoms with Gasteiger partial charge in [-0.1, -0.05) is 11.6 Å². The number of aromatic nitrogens is 2. The van der Waals surface area contributed by atoms with E-state index in [0.717, 1.165) is 30.0 Å². The second-order valence-corrected chi connectivity index (χ2v) is 11.0. The van der Waals surface area contributed by atoms with Crippen LogP contribution in [0.15, 0.2) is 12.4 Å². The summed E-state index contributed by atoms with van der Waals surface area (Å²) in [4.78, 5) is 21.5. The highest BCUT2D eigenvalue weighted by Gasteiger charge is 2.60. The van der Waals surface area contributed by atoms with Crippen LogP contribution in [0.25, 0.3) is 0 Å². The zero-order valence-electron chi connectivity index (χ0n) is 17.3. The van der Waals surface area contributed by atoms with Gasteiger partial charge in [0.05, 0.1) is 23.8 Å². The second-order valence-electron chi connectivity index (χ2n) is 8.88. The van der Waals surface area contributed by atoms with Crippen LogP contribution in [0, 0.1) is 5.92 Å². The normalized spacial score (nSPS) is 34.5. The molecule has 3 fully saturated rings. The minimum absolute atomic E-state index is 0.0745. The van der Waals surface area contributed by atoms with Crippen LogP contribution in [0.1, 0.15) is 44.9 Å². The largest absolute Gasteiger partial charge is 0.465 e. The molecule has 178 valence electrons. The van der Waals surface area contributed by atoms with Gasteiger partial charge >= 0.3 is 11.9 Å². The SMILES string of the molecule is C[C@@H]1C[C@H](NS(=O)(=O)C(F)F)[C@H](COC2CCC3(c4ncc(Cl)cn4)CC3C2)N1C(=O)O. The predicted molar refractivity (Wildman–Crippen MR) is 110 cm³/mol. The van der Waals surface area contributed by atoms with E-state index in [0.29, 0.717) is 17.4 Å². The van der Waals surface area contributed by atoms with Crippen molar-refractivity contribution in [3.8, 4) is 0 Å². The Morgan fingerprint density at radius 2 is 2.09 bits per heavy atom. The van der Waals surface area contributed by atoms with Gasteiger partial charge in [-0.25, -0.2) is 27.9 Å². The van der Waals surface area contributed by atoms with Crippen molar-refractivity contribution in [1.82, 2.24) is 19.6 Å². The van der Waals surface area contributed by atoms with Crippen LogP contribution in [-0.2, 0) is 20.2 Å². The molecule has 9 nitrogen and oxygen atoms in total. The number of alkyl halides is 2. The second kappa shape index (κ2) is 8.62. The van der Waals surface area contributed by atoms with Gasteiger partial charge in [-0.05, 0) is 44.9 Å². The Labute approximate surface area is 189 Å². The highest BCUT2D eigenvalue weighted by atomic mass is 35.5. The molecule has 1 aromatic rings. The van der Waals surface area contributed by atoms with Crippen molar-refractivity contribution >= 4 is 27.7 Å². The van der Waals surface area contributed by atoms with Crippen molar-refractivity contribution in [3.63, 3.8) is 0 Å². The van der Waals surface area contributed by atoms with E-state index in [4.69, 9.17) is 16.3 Å². The summed E-state index contributed by atoms with van der Waals surface area (Å²) >= 11 is 5.87. The lowest BCUT2D eigenvalue weighted by Crippen LogP contribution is -2.51. The number of rotatable bonds is 7. The third kappa shape index (κ3) is 4.42. The molecule has 0 bridgehead atoms. The lowest BCUT2D eigenvalue weighted by atomic mass is 9.86. The van der Waals surface area contributed by atoms with Gasteiger partial charge in [-0.3, -0.25) is 4.90 Å². The summed E-state index contributed by atoms with van der Waals surface area (Å²) < 4.78 is 57.0. The highest BCUT2D eigenvalue weighted by Crippen LogP contribution is 2.61. The summed E-state index contributed by atoms with van der Waals surface area (Å²) in [6, 6.07) is -2.40. The maximum absolute atomic E-state index is 12.8.